The number of rotatable bonds is 4. The van der Waals surface area contributed by atoms with Gasteiger partial charge in [-0.25, -0.2) is 4.39 Å². The summed E-state index contributed by atoms with van der Waals surface area (Å²) in [7, 11) is 0. The molecule has 0 heterocycles. The van der Waals surface area contributed by atoms with Crippen molar-refractivity contribution in [1.82, 2.24) is 5.32 Å². The maximum Gasteiger partial charge on any atom is 0.224 e. The molecule has 1 aromatic carbocycles. The van der Waals surface area contributed by atoms with E-state index >= 15 is 0 Å². The third kappa shape index (κ3) is 4.63. The van der Waals surface area contributed by atoms with Crippen LogP contribution < -0.4 is 11.1 Å². The van der Waals surface area contributed by atoms with Crippen LogP contribution in [0.5, 0.6) is 0 Å². The Labute approximate surface area is 113 Å². The monoisotopic (exact) mass is 274 g/mol. The maximum atomic E-state index is 13.0. The Morgan fingerprint density at radius 2 is 2.06 bits per heavy atom. The molecular formula is C13H20ClFN2O. The van der Waals surface area contributed by atoms with Gasteiger partial charge >= 0.3 is 0 Å². The highest BCUT2D eigenvalue weighted by atomic mass is 35.5. The molecule has 2 atom stereocenters. The summed E-state index contributed by atoms with van der Waals surface area (Å²) in [4.78, 5) is 11.6. The topological polar surface area (TPSA) is 55.1 Å². The van der Waals surface area contributed by atoms with Crippen molar-refractivity contribution in [2.45, 2.75) is 33.4 Å². The fourth-order valence-electron chi connectivity index (χ4n) is 1.41. The minimum Gasteiger partial charge on any atom is -0.352 e. The van der Waals surface area contributed by atoms with Gasteiger partial charge in [0, 0.05) is 18.5 Å². The number of carbonyl (C=O) groups is 1. The molecule has 1 rings (SSSR count). The number of halogens is 2. The zero-order valence-corrected chi connectivity index (χ0v) is 11.7. The van der Waals surface area contributed by atoms with E-state index in [1.807, 2.05) is 0 Å². The first kappa shape index (κ1) is 16.9. The van der Waals surface area contributed by atoms with Crippen LogP contribution in [0, 0.1) is 18.7 Å². The van der Waals surface area contributed by atoms with Gasteiger partial charge in [0.2, 0.25) is 5.91 Å². The molecule has 0 aromatic heterocycles. The highest BCUT2D eigenvalue weighted by molar-refractivity contribution is 5.85. The molecule has 0 fully saturated rings. The number of hydrogen-bond acceptors (Lipinski definition) is 2. The Morgan fingerprint density at radius 1 is 1.44 bits per heavy atom. The zero-order chi connectivity index (χ0) is 13.0. The maximum absolute atomic E-state index is 13.0. The van der Waals surface area contributed by atoms with E-state index in [2.05, 4.69) is 5.32 Å². The van der Waals surface area contributed by atoms with E-state index in [1.165, 1.54) is 6.07 Å². The second-order valence-electron chi connectivity index (χ2n) is 4.45. The van der Waals surface area contributed by atoms with Crippen LogP contribution in [-0.2, 0) is 11.3 Å². The van der Waals surface area contributed by atoms with Gasteiger partial charge in [-0.15, -0.1) is 12.4 Å². The van der Waals surface area contributed by atoms with Crippen LogP contribution in [0.15, 0.2) is 18.2 Å². The van der Waals surface area contributed by atoms with Gasteiger partial charge < -0.3 is 11.1 Å². The summed E-state index contributed by atoms with van der Waals surface area (Å²) in [5.74, 6) is -0.539. The number of nitrogens with two attached hydrogens (primary N) is 1. The van der Waals surface area contributed by atoms with Crippen LogP contribution in [0.1, 0.15) is 25.0 Å². The summed E-state index contributed by atoms with van der Waals surface area (Å²) in [5, 5.41) is 2.79. The van der Waals surface area contributed by atoms with Crippen LogP contribution in [-0.4, -0.2) is 11.9 Å². The Kier molecular flexibility index (Phi) is 6.88. The Bertz CT molecular complexity index is 410. The molecule has 102 valence electrons. The first-order valence-corrected chi connectivity index (χ1v) is 5.70. The van der Waals surface area contributed by atoms with E-state index in [-0.39, 0.29) is 36.1 Å². The third-order valence-electron chi connectivity index (χ3n) is 2.89. The summed E-state index contributed by atoms with van der Waals surface area (Å²) in [6, 6.07) is 4.63. The molecule has 0 saturated heterocycles. The fourth-order valence-corrected chi connectivity index (χ4v) is 1.41. The SMILES string of the molecule is Cc1cc(CNC(=O)C(C)C(C)N)ccc1F.Cl. The number of benzene rings is 1. The molecule has 0 saturated carbocycles. The van der Waals surface area contributed by atoms with Gasteiger partial charge in [0.05, 0.1) is 0 Å². The molecule has 3 nitrogen and oxygen atoms in total. The number of nitrogens with one attached hydrogen (secondary N) is 1. The van der Waals surface area contributed by atoms with Crippen molar-refractivity contribution in [3.63, 3.8) is 0 Å². The van der Waals surface area contributed by atoms with E-state index in [0.717, 1.165) is 5.56 Å². The van der Waals surface area contributed by atoms with E-state index in [1.54, 1.807) is 32.9 Å². The highest BCUT2D eigenvalue weighted by Gasteiger charge is 2.16. The average molecular weight is 275 g/mol. The number of carbonyl (C=O) groups excluding carboxylic acids is 1. The molecule has 3 N–H and O–H groups in total. The first-order valence-electron chi connectivity index (χ1n) is 5.70. The van der Waals surface area contributed by atoms with Crippen molar-refractivity contribution in [1.29, 1.82) is 0 Å². The van der Waals surface area contributed by atoms with E-state index < -0.39 is 0 Å². The summed E-state index contributed by atoms with van der Waals surface area (Å²) < 4.78 is 13.0. The Morgan fingerprint density at radius 3 is 2.56 bits per heavy atom. The van der Waals surface area contributed by atoms with Gasteiger partial charge in [0.1, 0.15) is 5.82 Å². The zero-order valence-electron chi connectivity index (χ0n) is 10.9. The predicted octanol–water partition coefficient (Wildman–Crippen LogP) is 2.16. The lowest BCUT2D eigenvalue weighted by Crippen LogP contribution is -2.38. The van der Waals surface area contributed by atoms with Crippen molar-refractivity contribution < 1.29 is 9.18 Å². The lowest BCUT2D eigenvalue weighted by Gasteiger charge is -2.15. The molecule has 0 spiro atoms. The Hall–Kier alpha value is -1.13. The summed E-state index contributed by atoms with van der Waals surface area (Å²) in [5.41, 5.74) is 7.10. The summed E-state index contributed by atoms with van der Waals surface area (Å²) in [6.45, 7) is 5.68. The molecule has 0 radical (unpaired) electrons. The minimum atomic E-state index is -0.232. The molecule has 0 bridgehead atoms. The van der Waals surface area contributed by atoms with Crippen LogP contribution in [0.2, 0.25) is 0 Å². The van der Waals surface area contributed by atoms with Gasteiger partial charge in [-0.3, -0.25) is 4.79 Å². The van der Waals surface area contributed by atoms with E-state index in [0.29, 0.717) is 12.1 Å². The van der Waals surface area contributed by atoms with Crippen LogP contribution in [0.3, 0.4) is 0 Å². The molecule has 1 aromatic rings. The quantitative estimate of drug-likeness (QED) is 0.884. The average Bonchev–Trinajstić information content (AvgIpc) is 2.29. The standard InChI is InChI=1S/C13H19FN2O.ClH/c1-8-6-11(4-5-12(8)14)7-16-13(17)9(2)10(3)15;/h4-6,9-10H,7,15H2,1-3H3,(H,16,17);1H. The molecule has 0 aliphatic rings. The first-order chi connectivity index (χ1) is 7.91. The number of amides is 1. The van der Waals surface area contributed by atoms with Crippen molar-refractivity contribution >= 4 is 18.3 Å². The summed E-state index contributed by atoms with van der Waals surface area (Å²) >= 11 is 0. The summed E-state index contributed by atoms with van der Waals surface area (Å²) in [6.07, 6.45) is 0. The molecule has 0 aliphatic heterocycles. The molecule has 1 amide bonds. The third-order valence-corrected chi connectivity index (χ3v) is 2.89. The van der Waals surface area contributed by atoms with Gasteiger partial charge in [-0.2, -0.15) is 0 Å². The van der Waals surface area contributed by atoms with Gasteiger partial charge in [0.15, 0.2) is 0 Å². The van der Waals surface area contributed by atoms with Crippen molar-refractivity contribution in [2.24, 2.45) is 11.7 Å². The van der Waals surface area contributed by atoms with Crippen molar-refractivity contribution in [3.05, 3.63) is 35.1 Å². The highest BCUT2D eigenvalue weighted by Crippen LogP contribution is 2.09. The van der Waals surface area contributed by atoms with E-state index in [9.17, 15) is 9.18 Å². The number of hydrogen-bond donors (Lipinski definition) is 2. The molecule has 0 aliphatic carbocycles. The fraction of sp³-hybridized carbons (Fsp3) is 0.462. The van der Waals surface area contributed by atoms with Crippen LogP contribution >= 0.6 is 12.4 Å². The molecule has 18 heavy (non-hydrogen) atoms. The smallest absolute Gasteiger partial charge is 0.224 e. The van der Waals surface area contributed by atoms with Gasteiger partial charge in [0.25, 0.3) is 0 Å². The molecule has 2 unspecified atom stereocenters. The predicted molar refractivity (Wildman–Crippen MR) is 73.0 cm³/mol. The second-order valence-corrected chi connectivity index (χ2v) is 4.45. The number of aryl methyl sites for hydroxylation is 1. The Balaban J connectivity index is 0.00000289. The van der Waals surface area contributed by atoms with Crippen LogP contribution in [0.25, 0.3) is 0 Å². The molecule has 5 heteroatoms. The van der Waals surface area contributed by atoms with Crippen molar-refractivity contribution in [2.75, 3.05) is 0 Å². The lowest BCUT2D eigenvalue weighted by molar-refractivity contribution is -0.125. The lowest BCUT2D eigenvalue weighted by atomic mass is 10.0. The van der Waals surface area contributed by atoms with E-state index in [4.69, 9.17) is 5.73 Å². The van der Waals surface area contributed by atoms with Gasteiger partial charge in [-0.05, 0) is 31.0 Å². The van der Waals surface area contributed by atoms with Crippen molar-refractivity contribution in [3.8, 4) is 0 Å². The second kappa shape index (κ2) is 7.34. The molecular weight excluding hydrogens is 255 g/mol. The van der Waals surface area contributed by atoms with Gasteiger partial charge in [-0.1, -0.05) is 19.1 Å². The normalized spacial score (nSPS) is 13.4. The van der Waals surface area contributed by atoms with Crippen LogP contribution in [0.4, 0.5) is 4.39 Å². The largest absolute Gasteiger partial charge is 0.352 e. The minimum absolute atomic E-state index is 0.